The lowest BCUT2D eigenvalue weighted by Gasteiger charge is -2.07. The number of thiophene rings is 1. The first-order valence-corrected chi connectivity index (χ1v) is 10.4. The minimum atomic E-state index is 0.311. The Labute approximate surface area is 172 Å². The molecule has 0 saturated carbocycles. The van der Waals surface area contributed by atoms with E-state index in [9.17, 15) is 0 Å². The summed E-state index contributed by atoms with van der Waals surface area (Å²) in [6, 6.07) is 10.3. The first-order valence-electron chi connectivity index (χ1n) is 9.63. The molecule has 6 nitrogen and oxygen atoms in total. The lowest BCUT2D eigenvalue weighted by Crippen LogP contribution is -1.98. The van der Waals surface area contributed by atoms with Crippen LogP contribution in [0.5, 0.6) is 5.75 Å². The molecule has 4 aromatic heterocycles. The van der Waals surface area contributed by atoms with Gasteiger partial charge in [0.05, 0.1) is 5.52 Å². The summed E-state index contributed by atoms with van der Waals surface area (Å²) in [6.45, 7) is 8.78. The molecule has 5 aromatic rings. The van der Waals surface area contributed by atoms with E-state index in [1.54, 1.807) is 22.2 Å². The smallest absolute Gasteiger partial charge is 0.189 e. The number of hydrogen-bond donors (Lipinski definition) is 0. The third kappa shape index (κ3) is 3.11. The molecule has 0 bridgehead atoms. The topological polar surface area (TPSA) is 65.2 Å². The highest BCUT2D eigenvalue weighted by Gasteiger charge is 2.16. The molecule has 0 spiro atoms. The van der Waals surface area contributed by atoms with Gasteiger partial charge in [0, 0.05) is 11.1 Å². The number of aryl methyl sites for hydroxylation is 2. The van der Waals surface area contributed by atoms with Crippen molar-refractivity contribution in [2.75, 3.05) is 0 Å². The Balaban J connectivity index is 1.49. The number of nitrogens with zero attached hydrogens (tertiary/aromatic N) is 5. The zero-order valence-electron chi connectivity index (χ0n) is 16.8. The van der Waals surface area contributed by atoms with Crippen LogP contribution in [0.3, 0.4) is 0 Å². The fraction of sp³-hybridized carbons (Fsp3) is 0.273. The molecule has 0 radical (unpaired) electrons. The molecule has 0 saturated heterocycles. The average molecular weight is 404 g/mol. The van der Waals surface area contributed by atoms with Crippen molar-refractivity contribution >= 4 is 37.4 Å². The molecule has 0 amide bonds. The normalized spacial score (nSPS) is 11.9. The summed E-state index contributed by atoms with van der Waals surface area (Å²) in [5, 5.41) is 5.64. The van der Waals surface area contributed by atoms with Gasteiger partial charge in [0.25, 0.3) is 0 Å². The van der Waals surface area contributed by atoms with Crippen LogP contribution < -0.4 is 4.74 Å². The highest BCUT2D eigenvalue weighted by molar-refractivity contribution is 7.26. The van der Waals surface area contributed by atoms with Gasteiger partial charge >= 0.3 is 0 Å². The fourth-order valence-corrected chi connectivity index (χ4v) is 4.80. The Hall–Kier alpha value is -3.06. The number of ether oxygens (including phenoxy) is 1. The third-order valence-corrected chi connectivity index (χ3v) is 6.12. The molecule has 5 rings (SSSR count). The van der Waals surface area contributed by atoms with Crippen LogP contribution in [0.4, 0.5) is 0 Å². The molecule has 0 unspecified atom stereocenters. The van der Waals surface area contributed by atoms with Gasteiger partial charge in [-0.15, -0.1) is 16.4 Å². The van der Waals surface area contributed by atoms with Gasteiger partial charge in [0.1, 0.15) is 28.2 Å². The van der Waals surface area contributed by atoms with Crippen molar-refractivity contribution in [1.82, 2.24) is 24.6 Å². The van der Waals surface area contributed by atoms with Crippen LogP contribution in [-0.2, 0) is 6.61 Å². The van der Waals surface area contributed by atoms with Gasteiger partial charge in [-0.25, -0.2) is 19.5 Å². The van der Waals surface area contributed by atoms with E-state index in [1.807, 2.05) is 19.1 Å². The monoisotopic (exact) mass is 403 g/mol. The maximum Gasteiger partial charge on any atom is 0.189 e. The van der Waals surface area contributed by atoms with Crippen LogP contribution in [0, 0.1) is 13.8 Å². The van der Waals surface area contributed by atoms with E-state index in [-0.39, 0.29) is 0 Å². The molecule has 4 heterocycles. The molecule has 146 valence electrons. The Morgan fingerprint density at radius 3 is 2.66 bits per heavy atom. The second kappa shape index (κ2) is 6.77. The molecule has 0 atom stereocenters. The quantitative estimate of drug-likeness (QED) is 0.412. The second-order valence-corrected chi connectivity index (χ2v) is 8.59. The van der Waals surface area contributed by atoms with Crippen LogP contribution in [0.25, 0.3) is 26.1 Å². The summed E-state index contributed by atoms with van der Waals surface area (Å²) in [6.07, 6.45) is 1.72. The molecule has 29 heavy (non-hydrogen) atoms. The van der Waals surface area contributed by atoms with E-state index in [1.165, 1.54) is 11.1 Å². The van der Waals surface area contributed by atoms with Gasteiger partial charge in [0.2, 0.25) is 0 Å². The van der Waals surface area contributed by atoms with Crippen LogP contribution in [0.1, 0.15) is 42.4 Å². The van der Waals surface area contributed by atoms with Crippen LogP contribution in [0.2, 0.25) is 0 Å². The molecule has 0 aliphatic carbocycles. The lowest BCUT2D eigenvalue weighted by molar-refractivity contribution is 0.296. The van der Waals surface area contributed by atoms with E-state index in [4.69, 9.17) is 9.72 Å². The molecule has 0 fully saturated rings. The highest BCUT2D eigenvalue weighted by atomic mass is 32.1. The standard InChI is InChI=1S/C22H21N5OS/c1-12(2)15-5-7-16(8-6-15)28-10-17-25-21-20-19(23-11-27(21)26-17)18-13(3)9-14(4)24-22(18)29-20/h5-9,11-12H,10H2,1-4H3. The van der Waals surface area contributed by atoms with E-state index in [2.05, 4.69) is 54.0 Å². The molecule has 7 heteroatoms. The number of fused-ring (bicyclic) bond motifs is 5. The van der Waals surface area contributed by atoms with E-state index >= 15 is 0 Å². The molecular formula is C22H21N5OS. The van der Waals surface area contributed by atoms with Gasteiger partial charge < -0.3 is 4.74 Å². The number of aromatic nitrogens is 5. The average Bonchev–Trinajstić information content (AvgIpc) is 3.27. The molecular weight excluding hydrogens is 382 g/mol. The van der Waals surface area contributed by atoms with Gasteiger partial charge in [-0.1, -0.05) is 26.0 Å². The van der Waals surface area contributed by atoms with Gasteiger partial charge in [0.15, 0.2) is 11.5 Å². The predicted molar refractivity (Wildman–Crippen MR) is 116 cm³/mol. The van der Waals surface area contributed by atoms with Crippen molar-refractivity contribution in [3.63, 3.8) is 0 Å². The van der Waals surface area contributed by atoms with Crippen molar-refractivity contribution in [2.24, 2.45) is 0 Å². The molecule has 0 aliphatic heterocycles. The summed E-state index contributed by atoms with van der Waals surface area (Å²) in [4.78, 5) is 15.0. The fourth-order valence-electron chi connectivity index (χ4n) is 3.57. The Morgan fingerprint density at radius 2 is 1.90 bits per heavy atom. The maximum absolute atomic E-state index is 5.89. The van der Waals surface area contributed by atoms with Crippen LogP contribution in [0.15, 0.2) is 36.7 Å². The summed E-state index contributed by atoms with van der Waals surface area (Å²) >= 11 is 1.61. The van der Waals surface area contributed by atoms with Crippen LogP contribution >= 0.6 is 11.3 Å². The predicted octanol–water partition coefficient (Wildman–Crippen LogP) is 5.21. The second-order valence-electron chi connectivity index (χ2n) is 7.59. The SMILES string of the molecule is Cc1cc(C)c2c(n1)sc1c2ncn2nc(COc3ccc(C(C)C)cc3)nc12. The van der Waals surface area contributed by atoms with Gasteiger partial charge in [-0.3, -0.25) is 0 Å². The Kier molecular flexibility index (Phi) is 4.20. The maximum atomic E-state index is 5.89. The number of benzene rings is 1. The van der Waals surface area contributed by atoms with Crippen LogP contribution in [-0.4, -0.2) is 24.6 Å². The summed E-state index contributed by atoms with van der Waals surface area (Å²) in [5.74, 6) is 1.95. The minimum Gasteiger partial charge on any atom is -0.486 e. The van der Waals surface area contributed by atoms with Crippen molar-refractivity contribution in [1.29, 1.82) is 0 Å². The van der Waals surface area contributed by atoms with E-state index in [0.717, 1.165) is 37.5 Å². The van der Waals surface area contributed by atoms with Crippen molar-refractivity contribution < 1.29 is 4.74 Å². The summed E-state index contributed by atoms with van der Waals surface area (Å²) in [7, 11) is 0. The van der Waals surface area contributed by atoms with Crippen molar-refractivity contribution in [3.8, 4) is 5.75 Å². The first-order chi connectivity index (χ1) is 14.0. The number of rotatable bonds is 4. The molecule has 0 aliphatic rings. The van der Waals surface area contributed by atoms with Gasteiger partial charge in [-0.2, -0.15) is 0 Å². The molecule has 0 N–H and O–H groups in total. The minimum absolute atomic E-state index is 0.311. The number of hydrogen-bond acceptors (Lipinski definition) is 6. The Morgan fingerprint density at radius 1 is 1.10 bits per heavy atom. The zero-order chi connectivity index (χ0) is 20.1. The largest absolute Gasteiger partial charge is 0.486 e. The van der Waals surface area contributed by atoms with Crippen molar-refractivity contribution in [3.05, 3.63) is 59.3 Å². The van der Waals surface area contributed by atoms with Crippen molar-refractivity contribution in [2.45, 2.75) is 40.2 Å². The molecule has 1 aromatic carbocycles. The van der Waals surface area contributed by atoms with E-state index in [0.29, 0.717) is 18.3 Å². The number of pyridine rings is 1. The first kappa shape index (κ1) is 18.0. The zero-order valence-corrected chi connectivity index (χ0v) is 17.6. The third-order valence-electron chi connectivity index (χ3n) is 5.05. The Bertz CT molecular complexity index is 1350. The van der Waals surface area contributed by atoms with E-state index < -0.39 is 0 Å². The van der Waals surface area contributed by atoms with Gasteiger partial charge in [-0.05, 0) is 49.1 Å². The summed E-state index contributed by atoms with van der Waals surface area (Å²) in [5.41, 5.74) is 5.22. The lowest BCUT2D eigenvalue weighted by atomic mass is 10.0. The highest BCUT2D eigenvalue weighted by Crippen LogP contribution is 2.35. The summed E-state index contributed by atoms with van der Waals surface area (Å²) < 4.78 is 8.62.